The Morgan fingerprint density at radius 1 is 0.286 bits per heavy atom. The van der Waals surface area contributed by atoms with Crippen molar-refractivity contribution in [2.24, 2.45) is 0 Å². The molecule has 264 valence electrons. The van der Waals surface area contributed by atoms with Crippen LogP contribution < -0.4 is 9.80 Å². The lowest BCUT2D eigenvalue weighted by molar-refractivity contribution is 0.668. The van der Waals surface area contributed by atoms with E-state index in [1.165, 1.54) is 10.8 Å². The number of rotatable bonds is 7. The number of furan rings is 2. The van der Waals surface area contributed by atoms with Crippen LogP contribution in [0, 0.1) is 0 Å². The molecule has 0 unspecified atom stereocenters. The van der Waals surface area contributed by atoms with E-state index in [-0.39, 0.29) is 0 Å². The van der Waals surface area contributed by atoms with Gasteiger partial charge in [-0.15, -0.1) is 0 Å². The smallest absolute Gasteiger partial charge is 0.137 e. The minimum absolute atomic E-state index is 0.860. The zero-order chi connectivity index (χ0) is 37.0. The summed E-state index contributed by atoms with van der Waals surface area (Å²) in [4.78, 5) is 4.73. The van der Waals surface area contributed by atoms with Crippen LogP contribution in [-0.4, -0.2) is 0 Å². The number of benzene rings is 9. The van der Waals surface area contributed by atoms with Gasteiger partial charge in [0.05, 0.1) is 27.8 Å². The van der Waals surface area contributed by atoms with Crippen molar-refractivity contribution in [1.82, 2.24) is 0 Å². The van der Waals surface area contributed by atoms with Crippen molar-refractivity contribution in [2.75, 3.05) is 9.80 Å². The van der Waals surface area contributed by atoms with E-state index in [1.807, 2.05) is 24.3 Å². The normalized spacial score (nSPS) is 11.6. The molecule has 2 heterocycles. The number of anilines is 6. The van der Waals surface area contributed by atoms with Crippen LogP contribution in [0.3, 0.4) is 0 Å². The van der Waals surface area contributed by atoms with Gasteiger partial charge in [-0.1, -0.05) is 127 Å². The Balaban J connectivity index is 1.10. The summed E-state index contributed by atoms with van der Waals surface area (Å²) in [5.74, 6) is 0. The van der Waals surface area contributed by atoms with Gasteiger partial charge in [0.15, 0.2) is 0 Å². The fraction of sp³-hybridized carbons (Fsp3) is 0. The van der Waals surface area contributed by atoms with E-state index in [0.29, 0.717) is 0 Å². The summed E-state index contributed by atoms with van der Waals surface area (Å²) in [5.41, 5.74) is 12.1. The van der Waals surface area contributed by atoms with Crippen LogP contribution in [0.2, 0.25) is 0 Å². The molecule has 0 amide bonds. The molecule has 9 aromatic carbocycles. The molecule has 0 spiro atoms. The molecule has 0 saturated carbocycles. The van der Waals surface area contributed by atoms with E-state index in [2.05, 4.69) is 192 Å². The maximum atomic E-state index is 6.41. The topological polar surface area (TPSA) is 32.8 Å². The van der Waals surface area contributed by atoms with Crippen LogP contribution in [0.25, 0.3) is 65.8 Å². The summed E-state index contributed by atoms with van der Waals surface area (Å²) in [7, 11) is 0. The van der Waals surface area contributed by atoms with E-state index >= 15 is 0 Å². The van der Waals surface area contributed by atoms with Crippen molar-refractivity contribution in [1.29, 1.82) is 0 Å². The number of para-hydroxylation sites is 3. The Morgan fingerprint density at radius 3 is 1.36 bits per heavy atom. The minimum Gasteiger partial charge on any atom is -0.456 e. The molecule has 0 radical (unpaired) electrons. The van der Waals surface area contributed by atoms with Gasteiger partial charge in [0.1, 0.15) is 22.3 Å². The molecule has 11 aromatic rings. The minimum atomic E-state index is 0.860. The zero-order valence-electron chi connectivity index (χ0n) is 30.3. The zero-order valence-corrected chi connectivity index (χ0v) is 30.3. The molecule has 0 aliphatic carbocycles. The monoisotopic (exact) mass is 718 g/mol. The Morgan fingerprint density at radius 2 is 0.714 bits per heavy atom. The van der Waals surface area contributed by atoms with Gasteiger partial charge in [0.25, 0.3) is 0 Å². The molecule has 2 aromatic heterocycles. The van der Waals surface area contributed by atoms with Crippen molar-refractivity contribution in [3.8, 4) is 11.1 Å². The van der Waals surface area contributed by atoms with Gasteiger partial charge in [-0.2, -0.15) is 0 Å². The first-order valence-corrected chi connectivity index (χ1v) is 18.9. The van der Waals surface area contributed by atoms with Gasteiger partial charge in [-0.3, -0.25) is 0 Å². The van der Waals surface area contributed by atoms with E-state index in [4.69, 9.17) is 8.83 Å². The highest BCUT2D eigenvalue weighted by Gasteiger charge is 2.22. The maximum Gasteiger partial charge on any atom is 0.137 e. The van der Waals surface area contributed by atoms with E-state index < -0.39 is 0 Å². The lowest BCUT2D eigenvalue weighted by Crippen LogP contribution is -2.11. The quantitative estimate of drug-likeness (QED) is 0.164. The largest absolute Gasteiger partial charge is 0.456 e. The second-order valence-corrected chi connectivity index (χ2v) is 14.1. The first-order chi connectivity index (χ1) is 27.8. The summed E-state index contributed by atoms with van der Waals surface area (Å²) < 4.78 is 12.8. The lowest BCUT2D eigenvalue weighted by atomic mass is 10.0. The van der Waals surface area contributed by atoms with Crippen LogP contribution in [-0.2, 0) is 0 Å². The predicted molar refractivity (Wildman–Crippen MR) is 233 cm³/mol. The van der Waals surface area contributed by atoms with Crippen molar-refractivity contribution < 1.29 is 8.83 Å². The molecular weight excluding hydrogens is 685 g/mol. The Bertz CT molecular complexity index is 3230. The fourth-order valence-corrected chi connectivity index (χ4v) is 8.35. The lowest BCUT2D eigenvalue weighted by Gasteiger charge is -2.28. The molecular formula is C52H34N2O2. The number of hydrogen-bond acceptors (Lipinski definition) is 4. The van der Waals surface area contributed by atoms with Crippen molar-refractivity contribution in [3.05, 3.63) is 206 Å². The molecule has 0 N–H and O–H groups in total. The number of nitrogens with zero attached hydrogens (tertiary/aromatic N) is 2. The maximum absolute atomic E-state index is 6.41. The summed E-state index contributed by atoms with van der Waals surface area (Å²) in [6.45, 7) is 0. The third kappa shape index (κ3) is 5.23. The van der Waals surface area contributed by atoms with Crippen LogP contribution >= 0.6 is 0 Å². The summed E-state index contributed by atoms with van der Waals surface area (Å²) in [5, 5.41) is 6.72. The van der Waals surface area contributed by atoms with Gasteiger partial charge in [-0.25, -0.2) is 0 Å². The van der Waals surface area contributed by atoms with Gasteiger partial charge < -0.3 is 18.6 Å². The molecule has 56 heavy (non-hydrogen) atoms. The highest BCUT2D eigenvalue weighted by molar-refractivity contribution is 6.15. The molecule has 4 nitrogen and oxygen atoms in total. The molecule has 0 aliphatic heterocycles. The third-order valence-corrected chi connectivity index (χ3v) is 10.8. The summed E-state index contributed by atoms with van der Waals surface area (Å²) >= 11 is 0. The Kier molecular flexibility index (Phi) is 7.46. The second kappa shape index (κ2) is 13.1. The van der Waals surface area contributed by atoms with Gasteiger partial charge in [0, 0.05) is 33.2 Å². The van der Waals surface area contributed by atoms with Crippen LogP contribution in [0.4, 0.5) is 34.1 Å². The third-order valence-electron chi connectivity index (χ3n) is 10.8. The number of hydrogen-bond donors (Lipinski definition) is 0. The Hall–Kier alpha value is -7.56. The molecule has 11 rings (SSSR count). The molecule has 4 heteroatoms. The van der Waals surface area contributed by atoms with Gasteiger partial charge in [0.2, 0.25) is 0 Å². The average molecular weight is 719 g/mol. The first-order valence-electron chi connectivity index (χ1n) is 18.9. The van der Waals surface area contributed by atoms with E-state index in [9.17, 15) is 0 Å². The first kappa shape index (κ1) is 31.9. The molecule has 0 saturated heterocycles. The molecule has 0 fully saturated rings. The van der Waals surface area contributed by atoms with Crippen LogP contribution in [0.5, 0.6) is 0 Å². The fourth-order valence-electron chi connectivity index (χ4n) is 8.35. The second-order valence-electron chi connectivity index (χ2n) is 14.1. The van der Waals surface area contributed by atoms with Crippen LogP contribution in [0.15, 0.2) is 215 Å². The van der Waals surface area contributed by atoms with E-state index in [0.717, 1.165) is 89.1 Å². The van der Waals surface area contributed by atoms with Crippen LogP contribution in [0.1, 0.15) is 0 Å². The molecule has 0 aliphatic rings. The standard InChI is InChI=1S/C52H34N2O2/c1-2-19-38(20-3-1)53(45-27-13-31-49-51(45)42-24-6-8-29-47(42)55-49)39-21-10-17-36(33-39)37-18-11-22-40(34-37)54(44-26-12-16-35-15-4-5-23-41(35)44)46-28-14-32-50-52(46)43-25-7-9-30-48(43)56-50/h1-34H. The number of fused-ring (bicyclic) bond motifs is 7. The highest BCUT2D eigenvalue weighted by atomic mass is 16.3. The average Bonchev–Trinajstić information content (AvgIpc) is 3.84. The highest BCUT2D eigenvalue weighted by Crippen LogP contribution is 2.47. The van der Waals surface area contributed by atoms with Gasteiger partial charge >= 0.3 is 0 Å². The van der Waals surface area contributed by atoms with E-state index in [1.54, 1.807) is 0 Å². The Labute approximate surface area is 323 Å². The molecule has 0 atom stereocenters. The van der Waals surface area contributed by atoms with Crippen molar-refractivity contribution >= 4 is 88.8 Å². The molecule has 0 bridgehead atoms. The predicted octanol–water partition coefficient (Wildman–Crippen LogP) is 15.2. The van der Waals surface area contributed by atoms with Crippen molar-refractivity contribution in [3.63, 3.8) is 0 Å². The summed E-state index contributed by atoms with van der Waals surface area (Å²) in [6, 6.07) is 72.7. The van der Waals surface area contributed by atoms with Gasteiger partial charge in [-0.05, 0) is 95.4 Å². The summed E-state index contributed by atoms with van der Waals surface area (Å²) in [6.07, 6.45) is 0. The van der Waals surface area contributed by atoms with Crippen molar-refractivity contribution in [2.45, 2.75) is 0 Å². The SMILES string of the molecule is c1ccc(N(c2cccc(-c3cccc(N(c4cccc5ccccc45)c4cccc5oc6ccccc6c45)c3)c2)c2cccc3oc4ccccc4c23)cc1.